The van der Waals surface area contributed by atoms with Crippen molar-refractivity contribution in [3.8, 4) is 17.0 Å². The number of rotatable bonds is 6. The molecule has 0 saturated heterocycles. The molecule has 22 heavy (non-hydrogen) atoms. The SMILES string of the molecule is Cc1sc(NC(=O)CCN)nc1-c1ccc(OC(C)C)cc1. The highest BCUT2D eigenvalue weighted by Gasteiger charge is 2.12. The van der Waals surface area contributed by atoms with Crippen molar-refractivity contribution in [2.45, 2.75) is 33.3 Å². The number of aromatic nitrogens is 1. The number of nitrogens with zero attached hydrogens (tertiary/aromatic N) is 1. The molecular formula is C16H21N3O2S. The fourth-order valence-electron chi connectivity index (χ4n) is 1.99. The number of carbonyl (C=O) groups is 1. The van der Waals surface area contributed by atoms with Crippen LogP contribution in [0.3, 0.4) is 0 Å². The van der Waals surface area contributed by atoms with Gasteiger partial charge in [0.2, 0.25) is 5.91 Å². The van der Waals surface area contributed by atoms with Crippen LogP contribution in [-0.4, -0.2) is 23.5 Å². The third-order valence-electron chi connectivity index (χ3n) is 2.91. The van der Waals surface area contributed by atoms with Gasteiger partial charge in [0.1, 0.15) is 5.75 Å². The minimum absolute atomic E-state index is 0.108. The number of nitrogens with two attached hydrogens (primary N) is 1. The number of thiazole rings is 1. The Morgan fingerprint density at radius 3 is 2.64 bits per heavy atom. The van der Waals surface area contributed by atoms with Crippen LogP contribution in [0.25, 0.3) is 11.3 Å². The first-order chi connectivity index (χ1) is 10.5. The molecule has 0 fully saturated rings. The first-order valence-electron chi connectivity index (χ1n) is 7.24. The fraction of sp³-hybridized carbons (Fsp3) is 0.375. The summed E-state index contributed by atoms with van der Waals surface area (Å²) in [4.78, 5) is 17.1. The molecule has 0 aliphatic carbocycles. The van der Waals surface area contributed by atoms with Gasteiger partial charge in [-0.15, -0.1) is 11.3 Å². The molecule has 0 radical (unpaired) electrons. The maximum absolute atomic E-state index is 11.6. The van der Waals surface area contributed by atoms with E-state index in [1.807, 2.05) is 45.0 Å². The van der Waals surface area contributed by atoms with Crippen LogP contribution >= 0.6 is 11.3 Å². The van der Waals surface area contributed by atoms with Crippen molar-refractivity contribution in [3.63, 3.8) is 0 Å². The van der Waals surface area contributed by atoms with Crippen molar-refractivity contribution in [1.29, 1.82) is 0 Å². The molecular weight excluding hydrogens is 298 g/mol. The summed E-state index contributed by atoms with van der Waals surface area (Å²) in [7, 11) is 0. The Labute approximate surface area is 134 Å². The molecule has 5 nitrogen and oxygen atoms in total. The van der Waals surface area contributed by atoms with Crippen molar-refractivity contribution in [3.05, 3.63) is 29.1 Å². The lowest BCUT2D eigenvalue weighted by atomic mass is 10.1. The van der Waals surface area contributed by atoms with Crippen LogP contribution in [0.2, 0.25) is 0 Å². The molecule has 1 aromatic carbocycles. The lowest BCUT2D eigenvalue weighted by molar-refractivity contribution is -0.116. The van der Waals surface area contributed by atoms with Gasteiger partial charge in [-0.2, -0.15) is 0 Å². The predicted octanol–water partition coefficient (Wildman–Crippen LogP) is 3.19. The second-order valence-electron chi connectivity index (χ2n) is 5.20. The summed E-state index contributed by atoms with van der Waals surface area (Å²) in [5, 5.41) is 3.38. The molecule has 2 aromatic rings. The van der Waals surface area contributed by atoms with E-state index in [1.165, 1.54) is 11.3 Å². The van der Waals surface area contributed by atoms with Crippen LogP contribution in [0.5, 0.6) is 5.75 Å². The molecule has 0 saturated carbocycles. The number of hydrogen-bond acceptors (Lipinski definition) is 5. The number of carbonyl (C=O) groups excluding carboxylic acids is 1. The number of amides is 1. The van der Waals surface area contributed by atoms with Gasteiger partial charge in [0.15, 0.2) is 5.13 Å². The van der Waals surface area contributed by atoms with Crippen LogP contribution in [0, 0.1) is 6.92 Å². The minimum atomic E-state index is -0.108. The van der Waals surface area contributed by atoms with Crippen LogP contribution in [0.15, 0.2) is 24.3 Å². The zero-order valence-corrected chi connectivity index (χ0v) is 13.9. The Bertz CT molecular complexity index is 635. The van der Waals surface area contributed by atoms with E-state index in [9.17, 15) is 4.79 Å². The third kappa shape index (κ3) is 4.29. The first-order valence-corrected chi connectivity index (χ1v) is 8.05. The lowest BCUT2D eigenvalue weighted by Gasteiger charge is -2.09. The highest BCUT2D eigenvalue weighted by molar-refractivity contribution is 7.16. The monoisotopic (exact) mass is 319 g/mol. The molecule has 0 atom stereocenters. The molecule has 0 spiro atoms. The molecule has 118 valence electrons. The number of aryl methyl sites for hydroxylation is 1. The summed E-state index contributed by atoms with van der Waals surface area (Å²) in [5.41, 5.74) is 7.25. The van der Waals surface area contributed by atoms with Gasteiger partial charge in [-0.1, -0.05) is 0 Å². The predicted molar refractivity (Wildman–Crippen MR) is 90.4 cm³/mol. The fourth-order valence-corrected chi connectivity index (χ4v) is 2.85. The van der Waals surface area contributed by atoms with E-state index in [1.54, 1.807) is 0 Å². The van der Waals surface area contributed by atoms with E-state index in [0.29, 0.717) is 18.1 Å². The molecule has 0 unspecified atom stereocenters. The Hall–Kier alpha value is -1.92. The summed E-state index contributed by atoms with van der Waals surface area (Å²) >= 11 is 1.46. The van der Waals surface area contributed by atoms with E-state index < -0.39 is 0 Å². The number of anilines is 1. The minimum Gasteiger partial charge on any atom is -0.491 e. The second-order valence-corrected chi connectivity index (χ2v) is 6.40. The highest BCUT2D eigenvalue weighted by atomic mass is 32.1. The molecule has 0 bridgehead atoms. The summed E-state index contributed by atoms with van der Waals surface area (Å²) < 4.78 is 5.63. The van der Waals surface area contributed by atoms with Crippen molar-refractivity contribution in [2.75, 3.05) is 11.9 Å². The smallest absolute Gasteiger partial charge is 0.227 e. The third-order valence-corrected chi connectivity index (χ3v) is 3.80. The van der Waals surface area contributed by atoms with E-state index in [-0.39, 0.29) is 12.0 Å². The summed E-state index contributed by atoms with van der Waals surface area (Å²) in [5.74, 6) is 0.728. The van der Waals surface area contributed by atoms with Gasteiger partial charge >= 0.3 is 0 Å². The second kappa shape index (κ2) is 7.38. The number of benzene rings is 1. The number of nitrogens with one attached hydrogen (secondary N) is 1. The van der Waals surface area contributed by atoms with Gasteiger partial charge in [-0.3, -0.25) is 4.79 Å². The van der Waals surface area contributed by atoms with E-state index in [0.717, 1.165) is 21.9 Å². The summed E-state index contributed by atoms with van der Waals surface area (Å²) in [6.45, 7) is 6.31. The Kier molecular flexibility index (Phi) is 5.51. The first kappa shape index (κ1) is 16.5. The molecule has 1 heterocycles. The molecule has 0 aliphatic rings. The zero-order chi connectivity index (χ0) is 16.1. The van der Waals surface area contributed by atoms with Gasteiger partial charge in [0, 0.05) is 23.4 Å². The molecule has 2 rings (SSSR count). The van der Waals surface area contributed by atoms with Crippen molar-refractivity contribution in [1.82, 2.24) is 4.98 Å². The lowest BCUT2D eigenvalue weighted by Crippen LogP contribution is -2.15. The van der Waals surface area contributed by atoms with Gasteiger partial charge in [-0.25, -0.2) is 4.98 Å². The molecule has 6 heteroatoms. The maximum Gasteiger partial charge on any atom is 0.227 e. The number of hydrogen-bond donors (Lipinski definition) is 2. The molecule has 3 N–H and O–H groups in total. The van der Waals surface area contributed by atoms with Crippen molar-refractivity contribution < 1.29 is 9.53 Å². The van der Waals surface area contributed by atoms with Gasteiger partial charge in [-0.05, 0) is 45.0 Å². The molecule has 1 aromatic heterocycles. The Morgan fingerprint density at radius 1 is 1.36 bits per heavy atom. The maximum atomic E-state index is 11.6. The zero-order valence-electron chi connectivity index (χ0n) is 13.1. The van der Waals surface area contributed by atoms with Crippen molar-refractivity contribution >= 4 is 22.4 Å². The summed E-state index contributed by atoms with van der Waals surface area (Å²) in [6, 6.07) is 7.82. The number of ether oxygens (including phenoxy) is 1. The van der Waals surface area contributed by atoms with E-state index in [4.69, 9.17) is 10.5 Å². The Morgan fingerprint density at radius 2 is 2.05 bits per heavy atom. The van der Waals surface area contributed by atoms with Gasteiger partial charge < -0.3 is 15.8 Å². The van der Waals surface area contributed by atoms with Gasteiger partial charge in [0.05, 0.1) is 11.8 Å². The normalized spacial score (nSPS) is 10.8. The Balaban J connectivity index is 2.15. The van der Waals surface area contributed by atoms with Crippen LogP contribution in [0.1, 0.15) is 25.1 Å². The van der Waals surface area contributed by atoms with Crippen molar-refractivity contribution in [2.24, 2.45) is 5.73 Å². The average molecular weight is 319 g/mol. The van der Waals surface area contributed by atoms with E-state index in [2.05, 4.69) is 10.3 Å². The average Bonchev–Trinajstić information content (AvgIpc) is 2.80. The van der Waals surface area contributed by atoms with Crippen LogP contribution < -0.4 is 15.8 Å². The van der Waals surface area contributed by atoms with Crippen LogP contribution in [0.4, 0.5) is 5.13 Å². The molecule has 0 aliphatic heterocycles. The highest BCUT2D eigenvalue weighted by Crippen LogP contribution is 2.31. The quantitative estimate of drug-likeness (QED) is 0.857. The van der Waals surface area contributed by atoms with Gasteiger partial charge in [0.25, 0.3) is 0 Å². The molecule has 1 amide bonds. The summed E-state index contributed by atoms with van der Waals surface area (Å²) in [6.07, 6.45) is 0.450. The van der Waals surface area contributed by atoms with E-state index >= 15 is 0 Å². The largest absolute Gasteiger partial charge is 0.491 e. The van der Waals surface area contributed by atoms with Crippen LogP contribution in [-0.2, 0) is 4.79 Å². The topological polar surface area (TPSA) is 77.2 Å². The standard InChI is InChI=1S/C16H21N3O2S/c1-10(2)21-13-6-4-12(5-7-13)15-11(3)22-16(19-15)18-14(20)8-9-17/h4-7,10H,8-9,17H2,1-3H3,(H,18,19,20).